The van der Waals surface area contributed by atoms with E-state index in [0.29, 0.717) is 12.0 Å². The van der Waals surface area contributed by atoms with Gasteiger partial charge in [-0.25, -0.2) is 13.8 Å². The van der Waals surface area contributed by atoms with Crippen molar-refractivity contribution in [1.29, 1.82) is 0 Å². The normalized spacial score (nSPS) is 24.8. The number of nitrogens with zero attached hydrogens (tertiary/aromatic N) is 1. The summed E-state index contributed by atoms with van der Waals surface area (Å²) >= 11 is 0. The van der Waals surface area contributed by atoms with Crippen molar-refractivity contribution in [3.05, 3.63) is 23.4 Å². The van der Waals surface area contributed by atoms with Crippen LogP contribution in [-0.4, -0.2) is 16.0 Å². The molecule has 0 aliphatic heterocycles. The first-order chi connectivity index (χ1) is 7.91. The Balaban J connectivity index is 2.23. The molecule has 0 bridgehead atoms. The molecule has 0 aromatic carbocycles. The van der Waals surface area contributed by atoms with Gasteiger partial charge in [0.1, 0.15) is 5.82 Å². The molecule has 2 unspecified atom stereocenters. The van der Waals surface area contributed by atoms with E-state index >= 15 is 0 Å². The SMILES string of the molecule is Cc1ccnc(N)c1C(O)C1CCC(F)(F)C1. The number of rotatable bonds is 2. The van der Waals surface area contributed by atoms with Crippen LogP contribution in [0.4, 0.5) is 14.6 Å². The van der Waals surface area contributed by atoms with E-state index < -0.39 is 17.9 Å². The van der Waals surface area contributed by atoms with E-state index in [9.17, 15) is 13.9 Å². The summed E-state index contributed by atoms with van der Waals surface area (Å²) in [4.78, 5) is 3.90. The summed E-state index contributed by atoms with van der Waals surface area (Å²) < 4.78 is 26.2. The van der Waals surface area contributed by atoms with Crippen LogP contribution in [0.5, 0.6) is 0 Å². The highest BCUT2D eigenvalue weighted by Crippen LogP contribution is 2.45. The highest BCUT2D eigenvalue weighted by molar-refractivity contribution is 5.45. The topological polar surface area (TPSA) is 59.1 Å². The van der Waals surface area contributed by atoms with Crippen molar-refractivity contribution < 1.29 is 13.9 Å². The predicted octanol–water partition coefficient (Wildman–Crippen LogP) is 2.44. The van der Waals surface area contributed by atoms with Gasteiger partial charge in [-0.05, 0) is 30.9 Å². The van der Waals surface area contributed by atoms with E-state index in [1.165, 1.54) is 0 Å². The van der Waals surface area contributed by atoms with E-state index in [1.54, 1.807) is 19.2 Å². The number of pyridine rings is 1. The number of aliphatic hydroxyl groups excluding tert-OH is 1. The molecule has 1 aromatic rings. The molecule has 3 N–H and O–H groups in total. The van der Waals surface area contributed by atoms with Gasteiger partial charge < -0.3 is 10.8 Å². The monoisotopic (exact) mass is 242 g/mol. The third kappa shape index (κ3) is 2.39. The Kier molecular flexibility index (Phi) is 3.03. The van der Waals surface area contributed by atoms with Crippen LogP contribution < -0.4 is 5.73 Å². The number of aliphatic hydroxyl groups is 1. The van der Waals surface area contributed by atoms with Gasteiger partial charge in [-0.15, -0.1) is 0 Å². The number of aromatic nitrogens is 1. The lowest BCUT2D eigenvalue weighted by Crippen LogP contribution is -2.16. The fourth-order valence-corrected chi connectivity index (χ4v) is 2.46. The number of hydrogen-bond donors (Lipinski definition) is 2. The van der Waals surface area contributed by atoms with Crippen LogP contribution in [0.1, 0.15) is 36.5 Å². The molecule has 1 fully saturated rings. The Morgan fingerprint density at radius 1 is 1.59 bits per heavy atom. The standard InChI is InChI=1S/C12H16F2N2O/c1-7-3-5-16-11(15)9(7)10(17)8-2-4-12(13,14)6-8/h3,5,8,10,17H,2,4,6H2,1H3,(H2,15,16). The Morgan fingerprint density at radius 3 is 2.82 bits per heavy atom. The van der Waals surface area contributed by atoms with Crippen LogP contribution in [0, 0.1) is 12.8 Å². The Morgan fingerprint density at radius 2 is 2.29 bits per heavy atom. The molecule has 17 heavy (non-hydrogen) atoms. The molecule has 1 aliphatic carbocycles. The van der Waals surface area contributed by atoms with Gasteiger partial charge in [0, 0.05) is 24.6 Å². The maximum atomic E-state index is 13.1. The minimum atomic E-state index is -2.66. The fourth-order valence-electron chi connectivity index (χ4n) is 2.46. The van der Waals surface area contributed by atoms with Crippen molar-refractivity contribution in [2.45, 2.75) is 38.2 Å². The highest BCUT2D eigenvalue weighted by atomic mass is 19.3. The molecule has 2 atom stereocenters. The zero-order chi connectivity index (χ0) is 12.6. The van der Waals surface area contributed by atoms with Gasteiger partial charge in [-0.1, -0.05) is 0 Å². The average Bonchev–Trinajstić information content (AvgIpc) is 2.58. The van der Waals surface area contributed by atoms with Crippen LogP contribution in [-0.2, 0) is 0 Å². The second-order valence-electron chi connectivity index (χ2n) is 4.73. The quantitative estimate of drug-likeness (QED) is 0.837. The lowest BCUT2D eigenvalue weighted by Gasteiger charge is -2.21. The number of hydrogen-bond acceptors (Lipinski definition) is 3. The van der Waals surface area contributed by atoms with Gasteiger partial charge in [0.15, 0.2) is 0 Å². The van der Waals surface area contributed by atoms with E-state index in [1.807, 2.05) is 0 Å². The molecule has 94 valence electrons. The molecular formula is C12H16F2N2O. The predicted molar refractivity (Wildman–Crippen MR) is 60.6 cm³/mol. The molecule has 2 rings (SSSR count). The zero-order valence-electron chi connectivity index (χ0n) is 9.66. The smallest absolute Gasteiger partial charge is 0.248 e. The van der Waals surface area contributed by atoms with Gasteiger partial charge in [0.2, 0.25) is 5.92 Å². The molecule has 1 aliphatic rings. The van der Waals surface area contributed by atoms with Crippen LogP contribution in [0.2, 0.25) is 0 Å². The second kappa shape index (κ2) is 4.22. The summed E-state index contributed by atoms with van der Waals surface area (Å²) in [5.41, 5.74) is 6.99. The van der Waals surface area contributed by atoms with Gasteiger partial charge in [-0.2, -0.15) is 0 Å². The van der Waals surface area contributed by atoms with Crippen molar-refractivity contribution >= 4 is 5.82 Å². The summed E-state index contributed by atoms with van der Waals surface area (Å²) in [5, 5.41) is 10.2. The number of aryl methyl sites for hydroxylation is 1. The number of halogens is 2. The molecule has 1 heterocycles. The largest absolute Gasteiger partial charge is 0.388 e. The first kappa shape index (κ1) is 12.2. The van der Waals surface area contributed by atoms with Crippen molar-refractivity contribution in [2.75, 3.05) is 5.73 Å². The molecule has 5 heteroatoms. The lowest BCUT2D eigenvalue weighted by molar-refractivity contribution is -0.00513. The third-order valence-corrected chi connectivity index (χ3v) is 3.42. The molecular weight excluding hydrogens is 226 g/mol. The van der Waals surface area contributed by atoms with Crippen LogP contribution in [0.3, 0.4) is 0 Å². The van der Waals surface area contributed by atoms with E-state index in [4.69, 9.17) is 5.73 Å². The molecule has 3 nitrogen and oxygen atoms in total. The maximum absolute atomic E-state index is 13.1. The minimum absolute atomic E-state index is 0.159. The van der Waals surface area contributed by atoms with Crippen molar-refractivity contribution in [1.82, 2.24) is 4.98 Å². The Labute approximate surface area is 98.7 Å². The Bertz CT molecular complexity index is 403. The van der Waals surface area contributed by atoms with Gasteiger partial charge in [0.25, 0.3) is 0 Å². The molecule has 0 spiro atoms. The van der Waals surface area contributed by atoms with Crippen molar-refractivity contribution in [3.8, 4) is 0 Å². The molecule has 0 radical (unpaired) electrons. The van der Waals surface area contributed by atoms with E-state index in [0.717, 1.165) is 5.56 Å². The van der Waals surface area contributed by atoms with Gasteiger partial charge >= 0.3 is 0 Å². The summed E-state index contributed by atoms with van der Waals surface area (Å²) in [5.74, 6) is -2.86. The maximum Gasteiger partial charge on any atom is 0.248 e. The molecule has 0 saturated heterocycles. The number of anilines is 1. The van der Waals surface area contributed by atoms with Gasteiger partial charge in [-0.3, -0.25) is 0 Å². The van der Waals surface area contributed by atoms with E-state index in [-0.39, 0.29) is 18.7 Å². The lowest BCUT2D eigenvalue weighted by atomic mass is 9.92. The highest BCUT2D eigenvalue weighted by Gasteiger charge is 2.43. The number of nitrogens with two attached hydrogens (primary N) is 1. The van der Waals surface area contributed by atoms with Crippen LogP contribution in [0.25, 0.3) is 0 Å². The summed E-state index contributed by atoms with van der Waals surface area (Å²) in [6, 6.07) is 1.72. The molecule has 0 amide bonds. The first-order valence-corrected chi connectivity index (χ1v) is 5.67. The molecule has 1 saturated carbocycles. The summed E-state index contributed by atoms with van der Waals surface area (Å²) in [7, 11) is 0. The summed E-state index contributed by atoms with van der Waals surface area (Å²) in [6.45, 7) is 1.80. The average molecular weight is 242 g/mol. The molecule has 1 aromatic heterocycles. The van der Waals surface area contributed by atoms with Crippen LogP contribution in [0.15, 0.2) is 12.3 Å². The number of nitrogen functional groups attached to an aromatic ring is 1. The summed E-state index contributed by atoms with van der Waals surface area (Å²) in [6.07, 6.45) is 0.485. The number of alkyl halides is 2. The van der Waals surface area contributed by atoms with Gasteiger partial charge in [0.05, 0.1) is 6.10 Å². The van der Waals surface area contributed by atoms with Crippen molar-refractivity contribution in [3.63, 3.8) is 0 Å². The van der Waals surface area contributed by atoms with Crippen LogP contribution >= 0.6 is 0 Å². The zero-order valence-corrected chi connectivity index (χ0v) is 9.66. The van der Waals surface area contributed by atoms with E-state index in [2.05, 4.69) is 4.98 Å². The first-order valence-electron chi connectivity index (χ1n) is 5.67. The fraction of sp³-hybridized carbons (Fsp3) is 0.583. The Hall–Kier alpha value is -1.23. The second-order valence-corrected chi connectivity index (χ2v) is 4.73. The van der Waals surface area contributed by atoms with Crippen molar-refractivity contribution in [2.24, 2.45) is 5.92 Å². The third-order valence-electron chi connectivity index (χ3n) is 3.42. The minimum Gasteiger partial charge on any atom is -0.388 e.